The van der Waals surface area contributed by atoms with Gasteiger partial charge in [-0.3, -0.25) is 19.3 Å². The van der Waals surface area contributed by atoms with Crippen LogP contribution in [0, 0.1) is 11.7 Å². The summed E-state index contributed by atoms with van der Waals surface area (Å²) in [6.07, 6.45) is 5.17. The highest BCUT2D eigenvalue weighted by Gasteiger charge is 2.60. The Kier molecular flexibility index (Phi) is 9.09. The van der Waals surface area contributed by atoms with E-state index in [9.17, 15) is 28.4 Å². The van der Waals surface area contributed by atoms with Gasteiger partial charge in [0.05, 0.1) is 13.1 Å². The highest BCUT2D eigenvalue weighted by atomic mass is 19.1. The average Bonchev–Trinajstić information content (AvgIpc) is 3.27. The highest BCUT2D eigenvalue weighted by molar-refractivity contribution is 5.97. The molecule has 1 saturated carbocycles. The quantitative estimate of drug-likeness (QED) is 0.434. The molecule has 4 aliphatic rings. The van der Waals surface area contributed by atoms with E-state index in [-0.39, 0.29) is 32.0 Å². The molecule has 0 radical (unpaired) electrons. The number of hydrogen-bond acceptors (Lipinski definition) is 7. The number of carbonyl (C=O) groups is 5. The first-order chi connectivity index (χ1) is 21.3. The number of ether oxygens (including phenoxy) is 2. The Labute approximate surface area is 261 Å². The van der Waals surface area contributed by atoms with Crippen LogP contribution in [0.2, 0.25) is 0 Å². The number of halogens is 1. The van der Waals surface area contributed by atoms with Gasteiger partial charge in [0.1, 0.15) is 35.1 Å². The molecule has 4 N–H and O–H groups in total. The fourth-order valence-corrected chi connectivity index (χ4v) is 6.37. The number of alkyl carbamates (subject to hydrolysis) is 1. The zero-order valence-electron chi connectivity index (χ0n) is 26.0. The van der Waals surface area contributed by atoms with E-state index in [4.69, 9.17) is 15.2 Å². The molecule has 12 nitrogen and oxygen atoms in total. The SMILES string of the molecule is CC(C)(C)OC(=O)N[C@H]1CCCCC/C=C\[C@@H]2C[C@@]2(C(N)=O)NC(=O)[C@@H]2CC(OC(=O)N3Cc4cccc(F)c4C3)CN2C1=O. The number of fused-ring (bicyclic) bond motifs is 3. The van der Waals surface area contributed by atoms with Gasteiger partial charge in [0, 0.05) is 24.4 Å². The predicted octanol–water partition coefficient (Wildman–Crippen LogP) is 3.02. The second kappa shape index (κ2) is 12.7. The number of nitrogens with two attached hydrogens (primary N) is 1. The van der Waals surface area contributed by atoms with Crippen molar-refractivity contribution in [2.24, 2.45) is 11.7 Å². The molecule has 1 saturated heterocycles. The first-order valence-electron chi connectivity index (χ1n) is 15.6. The average molecular weight is 628 g/mol. The van der Waals surface area contributed by atoms with Crippen molar-refractivity contribution in [2.75, 3.05) is 6.54 Å². The summed E-state index contributed by atoms with van der Waals surface area (Å²) in [6, 6.07) is 2.56. The summed E-state index contributed by atoms with van der Waals surface area (Å²) < 4.78 is 25.5. The second-order valence-electron chi connectivity index (χ2n) is 13.4. The number of carbonyl (C=O) groups excluding carboxylic acids is 5. The molecular formula is C32H42FN5O7. The van der Waals surface area contributed by atoms with Crippen molar-refractivity contribution in [3.63, 3.8) is 0 Å². The van der Waals surface area contributed by atoms with Crippen molar-refractivity contribution in [2.45, 2.75) is 108 Å². The molecule has 0 spiro atoms. The maximum absolute atomic E-state index is 14.3. The maximum Gasteiger partial charge on any atom is 0.410 e. The third-order valence-electron chi connectivity index (χ3n) is 8.82. The number of nitrogens with zero attached hydrogens (tertiary/aromatic N) is 2. The summed E-state index contributed by atoms with van der Waals surface area (Å²) in [7, 11) is 0. The van der Waals surface area contributed by atoms with Gasteiger partial charge in [0.2, 0.25) is 17.7 Å². The minimum atomic E-state index is -1.27. The van der Waals surface area contributed by atoms with E-state index >= 15 is 0 Å². The Hall–Kier alpha value is -4.16. The van der Waals surface area contributed by atoms with Crippen LogP contribution in [0.5, 0.6) is 0 Å². The lowest BCUT2D eigenvalue weighted by atomic mass is 10.0. The van der Waals surface area contributed by atoms with Gasteiger partial charge in [-0.05, 0) is 58.1 Å². The fourth-order valence-electron chi connectivity index (χ4n) is 6.37. The van der Waals surface area contributed by atoms with Gasteiger partial charge in [-0.25, -0.2) is 14.0 Å². The lowest BCUT2D eigenvalue weighted by molar-refractivity contribution is -0.141. The Balaban J connectivity index is 1.37. The molecule has 5 amide bonds. The molecule has 13 heteroatoms. The van der Waals surface area contributed by atoms with Crippen LogP contribution in [0.1, 0.15) is 76.8 Å². The molecule has 0 bridgehead atoms. The normalized spacial score (nSPS) is 29.2. The number of primary amides is 1. The summed E-state index contributed by atoms with van der Waals surface area (Å²) in [5.74, 6) is -2.46. The van der Waals surface area contributed by atoms with Crippen molar-refractivity contribution in [1.82, 2.24) is 20.4 Å². The van der Waals surface area contributed by atoms with E-state index in [1.807, 2.05) is 12.2 Å². The largest absolute Gasteiger partial charge is 0.444 e. The lowest BCUT2D eigenvalue weighted by Crippen LogP contribution is -2.57. The Morgan fingerprint density at radius 2 is 1.91 bits per heavy atom. The molecule has 3 heterocycles. The third-order valence-corrected chi connectivity index (χ3v) is 8.82. The van der Waals surface area contributed by atoms with E-state index in [1.54, 1.807) is 32.9 Å². The molecule has 45 heavy (non-hydrogen) atoms. The van der Waals surface area contributed by atoms with Gasteiger partial charge in [0.15, 0.2) is 0 Å². The predicted molar refractivity (Wildman–Crippen MR) is 160 cm³/mol. The number of hydrogen-bond donors (Lipinski definition) is 3. The van der Waals surface area contributed by atoms with E-state index < -0.39 is 65.1 Å². The van der Waals surface area contributed by atoms with Crippen LogP contribution in [0.3, 0.4) is 0 Å². The summed E-state index contributed by atoms with van der Waals surface area (Å²) >= 11 is 0. The van der Waals surface area contributed by atoms with Crippen LogP contribution in [-0.2, 0) is 36.9 Å². The molecule has 244 valence electrons. The van der Waals surface area contributed by atoms with E-state index in [2.05, 4.69) is 10.6 Å². The van der Waals surface area contributed by atoms with Crippen molar-refractivity contribution < 1.29 is 37.8 Å². The Morgan fingerprint density at radius 3 is 2.62 bits per heavy atom. The monoisotopic (exact) mass is 627 g/mol. The fraction of sp³-hybridized carbons (Fsp3) is 0.594. The number of benzene rings is 1. The van der Waals surface area contributed by atoms with Crippen molar-refractivity contribution in [3.8, 4) is 0 Å². The van der Waals surface area contributed by atoms with E-state index in [0.717, 1.165) is 19.3 Å². The van der Waals surface area contributed by atoms with Crippen LogP contribution in [0.15, 0.2) is 30.4 Å². The van der Waals surface area contributed by atoms with E-state index in [1.165, 1.54) is 15.9 Å². The van der Waals surface area contributed by atoms with Gasteiger partial charge in [-0.1, -0.05) is 37.1 Å². The molecule has 3 aliphatic heterocycles. The van der Waals surface area contributed by atoms with Gasteiger partial charge in [0.25, 0.3) is 0 Å². The Bertz CT molecular complexity index is 1390. The topological polar surface area (TPSA) is 160 Å². The molecular weight excluding hydrogens is 585 g/mol. The zero-order chi connectivity index (χ0) is 32.5. The highest BCUT2D eigenvalue weighted by Crippen LogP contribution is 2.45. The van der Waals surface area contributed by atoms with Crippen molar-refractivity contribution in [3.05, 3.63) is 47.3 Å². The lowest BCUT2D eigenvalue weighted by Gasteiger charge is -2.30. The number of allylic oxidation sites excluding steroid dienone is 1. The van der Waals surface area contributed by atoms with Crippen LogP contribution in [-0.4, -0.2) is 75.6 Å². The van der Waals surface area contributed by atoms with Crippen molar-refractivity contribution in [1.29, 1.82) is 0 Å². The van der Waals surface area contributed by atoms with Crippen molar-refractivity contribution >= 4 is 29.9 Å². The third kappa shape index (κ3) is 7.23. The molecule has 5 atom stereocenters. The molecule has 1 aromatic carbocycles. The van der Waals surface area contributed by atoms with Crippen LogP contribution >= 0.6 is 0 Å². The van der Waals surface area contributed by atoms with Gasteiger partial charge in [-0.15, -0.1) is 0 Å². The first-order valence-corrected chi connectivity index (χ1v) is 15.6. The van der Waals surface area contributed by atoms with E-state index in [0.29, 0.717) is 30.4 Å². The smallest absolute Gasteiger partial charge is 0.410 e. The first kappa shape index (κ1) is 32.2. The van der Waals surface area contributed by atoms with Gasteiger partial charge >= 0.3 is 12.2 Å². The molecule has 2 fully saturated rings. The Morgan fingerprint density at radius 1 is 1.13 bits per heavy atom. The number of rotatable bonds is 3. The molecule has 1 aromatic rings. The molecule has 1 unspecified atom stereocenters. The van der Waals surface area contributed by atoms with Gasteiger partial charge in [-0.2, -0.15) is 0 Å². The molecule has 1 aliphatic carbocycles. The maximum atomic E-state index is 14.3. The summed E-state index contributed by atoms with van der Waals surface area (Å²) in [6.45, 7) is 5.24. The summed E-state index contributed by atoms with van der Waals surface area (Å²) in [5, 5.41) is 5.48. The summed E-state index contributed by atoms with van der Waals surface area (Å²) in [5.41, 5.74) is 4.78. The zero-order valence-corrected chi connectivity index (χ0v) is 26.0. The molecule has 5 rings (SSSR count). The minimum Gasteiger partial charge on any atom is -0.444 e. The number of nitrogens with one attached hydrogen (secondary N) is 2. The standard InChI is InChI=1S/C32H42FN5O7/c1-31(2,3)45-29(42)35-24-13-8-6-4-5-7-11-20-15-32(20,28(34)41)36-26(39)25-14-21(17-38(25)27(24)40)44-30(43)37-16-19-10-9-12-23(33)22(19)18-37/h7,9-12,20-21,24-25H,4-6,8,13-18H2,1-3H3,(H2,34,41)(H,35,42)(H,36,39)/b11-7-/t20-,21?,24+,25+,32-/m1/s1. The number of amides is 5. The van der Waals surface area contributed by atoms with Crippen LogP contribution in [0.25, 0.3) is 0 Å². The summed E-state index contributed by atoms with van der Waals surface area (Å²) in [4.78, 5) is 68.9. The van der Waals surface area contributed by atoms with Crippen LogP contribution < -0.4 is 16.4 Å². The molecule has 0 aromatic heterocycles. The van der Waals surface area contributed by atoms with Crippen LogP contribution in [0.4, 0.5) is 14.0 Å². The second-order valence-corrected chi connectivity index (χ2v) is 13.4. The minimum absolute atomic E-state index is 0.0348. The van der Waals surface area contributed by atoms with Gasteiger partial charge < -0.3 is 30.7 Å².